The number of rotatable bonds is 2. The summed E-state index contributed by atoms with van der Waals surface area (Å²) in [7, 11) is 18.0. The van der Waals surface area contributed by atoms with Crippen LogP contribution in [0.3, 0.4) is 0 Å². The van der Waals surface area contributed by atoms with E-state index in [0.717, 1.165) is 0 Å². The summed E-state index contributed by atoms with van der Waals surface area (Å²) in [6.45, 7) is 0. The van der Waals surface area contributed by atoms with Gasteiger partial charge in [-0.1, -0.05) is 0 Å². The molecule has 0 bridgehead atoms. The van der Waals surface area contributed by atoms with Crippen LogP contribution >= 0.6 is 49.9 Å². The monoisotopic (exact) mass is 310 g/mol. The van der Waals surface area contributed by atoms with E-state index >= 15 is 0 Å². The minimum atomic E-state index is -1.34. The van der Waals surface area contributed by atoms with Gasteiger partial charge in [-0.3, -0.25) is 0 Å². The van der Waals surface area contributed by atoms with Crippen LogP contribution in [0.25, 0.3) is 0 Å². The third kappa shape index (κ3) is 8.35. The third-order valence-corrected chi connectivity index (χ3v) is 32.4. The molecule has 0 saturated carbocycles. The van der Waals surface area contributed by atoms with Crippen molar-refractivity contribution in [1.29, 1.82) is 0 Å². The quantitative estimate of drug-likeness (QED) is 0.717. The first-order valence-electron chi connectivity index (χ1n) is 1.10. The van der Waals surface area contributed by atoms with Crippen molar-refractivity contribution in [1.82, 2.24) is 0 Å². The second-order valence-corrected chi connectivity index (χ2v) is 27.5. The Labute approximate surface area is 69.0 Å². The van der Waals surface area contributed by atoms with Gasteiger partial charge < -0.3 is 0 Å². The van der Waals surface area contributed by atoms with E-state index in [2.05, 4.69) is 0 Å². The van der Waals surface area contributed by atoms with Gasteiger partial charge >= 0.3 is 70.2 Å². The minimum absolute atomic E-state index is 1.34. The molecule has 0 fully saturated rings. The van der Waals surface area contributed by atoms with Crippen molar-refractivity contribution >= 4 is 70.2 Å². The summed E-state index contributed by atoms with van der Waals surface area (Å²) in [5.41, 5.74) is 0. The standard InChI is InChI=1S/As2S5/c3-1(4)7-2(5)6. The first-order chi connectivity index (χ1) is 3.13. The molecule has 0 aliphatic heterocycles. The average molecular weight is 310 g/mol. The van der Waals surface area contributed by atoms with Crippen LogP contribution in [-0.2, 0) is 0 Å². The van der Waals surface area contributed by atoms with Crippen LogP contribution in [0.15, 0.2) is 0 Å². The van der Waals surface area contributed by atoms with Crippen LogP contribution in [0, 0.1) is 0 Å². The Kier molecular flexibility index (Phi) is 6.89. The third-order valence-electron chi connectivity index (χ3n) is 0.133. The average Bonchev–Trinajstić information content (AvgIpc) is 1.27. The molecule has 0 aromatic rings. The Balaban J connectivity index is 3.77. The van der Waals surface area contributed by atoms with E-state index in [1.54, 1.807) is 8.29 Å². The van der Waals surface area contributed by atoms with E-state index < -0.39 is 20.3 Å². The molecule has 0 heterocycles. The van der Waals surface area contributed by atoms with Crippen LogP contribution in [-0.4, -0.2) is 20.3 Å². The van der Waals surface area contributed by atoms with E-state index in [-0.39, 0.29) is 0 Å². The van der Waals surface area contributed by atoms with Crippen LogP contribution in [0.2, 0.25) is 0 Å². The van der Waals surface area contributed by atoms with Crippen molar-refractivity contribution in [2.24, 2.45) is 0 Å². The zero-order valence-electron chi connectivity index (χ0n) is 2.94. The second kappa shape index (κ2) is 5.16. The molecule has 0 spiro atoms. The first-order valence-corrected chi connectivity index (χ1v) is 17.1. The molecular formula is As2S5. The Bertz CT molecular complexity index is 135. The van der Waals surface area contributed by atoms with E-state index in [1.165, 1.54) is 0 Å². The number of hydrogen-bond donors (Lipinski definition) is 0. The SMILES string of the molecule is S=[As](=S)S[As](=S)=S. The molecule has 0 amide bonds. The molecular weight excluding hydrogens is 310 g/mol. The van der Waals surface area contributed by atoms with Crippen molar-refractivity contribution in [2.75, 3.05) is 0 Å². The van der Waals surface area contributed by atoms with Crippen LogP contribution in [0.1, 0.15) is 0 Å². The predicted molar refractivity (Wildman–Crippen MR) is 49.5 cm³/mol. The van der Waals surface area contributed by atoms with Gasteiger partial charge in [0.25, 0.3) is 0 Å². The summed E-state index contributed by atoms with van der Waals surface area (Å²) in [5.74, 6) is 0. The van der Waals surface area contributed by atoms with E-state index in [1.807, 2.05) is 0 Å². The van der Waals surface area contributed by atoms with Gasteiger partial charge in [0.15, 0.2) is 0 Å². The van der Waals surface area contributed by atoms with Gasteiger partial charge in [0.1, 0.15) is 0 Å². The molecule has 7 heavy (non-hydrogen) atoms. The van der Waals surface area contributed by atoms with Crippen molar-refractivity contribution < 1.29 is 0 Å². The summed E-state index contributed by atoms with van der Waals surface area (Å²) in [6.07, 6.45) is 0. The summed E-state index contributed by atoms with van der Waals surface area (Å²) >= 11 is 0. The maximum atomic E-state index is 4.78. The van der Waals surface area contributed by atoms with Crippen molar-refractivity contribution in [3.63, 3.8) is 0 Å². The van der Waals surface area contributed by atoms with Gasteiger partial charge in [0, 0.05) is 0 Å². The van der Waals surface area contributed by atoms with Gasteiger partial charge in [-0.25, -0.2) is 0 Å². The second-order valence-electron chi connectivity index (χ2n) is 0.529. The molecule has 0 radical (unpaired) electrons. The fourth-order valence-electron chi connectivity index (χ4n) is 0.0544. The zero-order valence-corrected chi connectivity index (χ0v) is 10.8. The molecule has 0 nitrogen and oxygen atoms in total. The zero-order chi connectivity index (χ0) is 5.86. The van der Waals surface area contributed by atoms with Crippen molar-refractivity contribution in [3.05, 3.63) is 0 Å². The van der Waals surface area contributed by atoms with E-state index in [0.29, 0.717) is 0 Å². The molecule has 7 heteroatoms. The van der Waals surface area contributed by atoms with Crippen LogP contribution < -0.4 is 0 Å². The van der Waals surface area contributed by atoms with Gasteiger partial charge in [-0.2, -0.15) is 0 Å². The van der Waals surface area contributed by atoms with Gasteiger partial charge in [0.2, 0.25) is 0 Å². The molecule has 40 valence electrons. The predicted octanol–water partition coefficient (Wildman–Crippen LogP) is 2.48. The topological polar surface area (TPSA) is 0 Å². The fraction of sp³-hybridized carbons (Fsp3) is 0. The van der Waals surface area contributed by atoms with Gasteiger partial charge in [-0.05, 0) is 0 Å². The molecule has 0 unspecified atom stereocenters. The summed E-state index contributed by atoms with van der Waals surface area (Å²) in [5, 5.41) is 0. The molecule has 0 atom stereocenters. The van der Waals surface area contributed by atoms with Gasteiger partial charge in [-0.15, -0.1) is 0 Å². The van der Waals surface area contributed by atoms with E-state index in [4.69, 9.17) is 41.6 Å². The summed E-state index contributed by atoms with van der Waals surface area (Å²) in [6, 6.07) is 0. The van der Waals surface area contributed by atoms with Gasteiger partial charge in [0.05, 0.1) is 0 Å². The molecule has 0 aliphatic rings. The van der Waals surface area contributed by atoms with Crippen LogP contribution in [0.4, 0.5) is 0 Å². The Morgan fingerprint density at radius 3 is 1.14 bits per heavy atom. The molecule has 0 saturated heterocycles. The first kappa shape index (κ1) is 9.35. The Morgan fingerprint density at radius 2 is 1.14 bits per heavy atom. The molecule has 0 rings (SSSR count). The summed E-state index contributed by atoms with van der Waals surface area (Å²) < 4.78 is 0. The van der Waals surface area contributed by atoms with Crippen molar-refractivity contribution in [3.8, 4) is 0 Å². The molecule has 0 aromatic heterocycles. The number of hydrogen-bond acceptors (Lipinski definition) is 5. The fourth-order valence-corrected chi connectivity index (χ4v) is 39.7. The molecule has 0 N–H and O–H groups in total. The molecule has 0 aromatic carbocycles. The summed E-state index contributed by atoms with van der Waals surface area (Å²) in [4.78, 5) is 0. The van der Waals surface area contributed by atoms with Crippen LogP contribution in [0.5, 0.6) is 0 Å². The Hall–Kier alpha value is 2.35. The van der Waals surface area contributed by atoms with E-state index in [9.17, 15) is 0 Å². The van der Waals surface area contributed by atoms with Crippen molar-refractivity contribution in [2.45, 2.75) is 0 Å². The maximum absolute atomic E-state index is 4.78. The Morgan fingerprint density at radius 1 is 0.857 bits per heavy atom. The molecule has 0 aliphatic carbocycles. The normalized spacial score (nSPS) is 8.00.